The summed E-state index contributed by atoms with van der Waals surface area (Å²) in [7, 11) is 1.99. The molecule has 0 unspecified atom stereocenters. The van der Waals surface area contributed by atoms with Crippen LogP contribution in [0.3, 0.4) is 0 Å². The van der Waals surface area contributed by atoms with E-state index >= 15 is 0 Å². The number of alkyl halides is 3. The van der Waals surface area contributed by atoms with Gasteiger partial charge in [0.05, 0.1) is 16.9 Å². The topological polar surface area (TPSA) is 31.4 Å². The molecule has 1 aromatic heterocycles. The van der Waals surface area contributed by atoms with Gasteiger partial charge in [-0.2, -0.15) is 13.2 Å². The van der Waals surface area contributed by atoms with Crippen LogP contribution < -0.4 is 15.1 Å². The third-order valence-corrected chi connectivity index (χ3v) is 6.47. The maximum Gasteiger partial charge on any atom is 0.416 e. The number of nitrogens with one attached hydrogen (secondary N) is 1. The number of nitrogens with zero attached hydrogens (tertiary/aromatic N) is 3. The Kier molecular flexibility index (Phi) is 6.61. The number of halogens is 3. The van der Waals surface area contributed by atoms with Crippen molar-refractivity contribution in [2.24, 2.45) is 0 Å². The Hall–Kier alpha value is -4.26. The molecule has 1 aliphatic rings. The average Bonchev–Trinajstić information content (AvgIpc) is 3.07. The number of fused-ring (bicyclic) bond motifs is 1. The molecule has 7 heteroatoms. The molecule has 0 aliphatic carbocycles. The molecule has 0 atom stereocenters. The zero-order chi connectivity index (χ0) is 26.0. The zero-order valence-corrected chi connectivity index (χ0v) is 20.5. The van der Waals surface area contributed by atoms with E-state index in [4.69, 9.17) is 4.98 Å². The van der Waals surface area contributed by atoms with Crippen molar-refractivity contribution in [2.45, 2.75) is 12.6 Å². The molecule has 4 aromatic rings. The highest BCUT2D eigenvalue weighted by Crippen LogP contribution is 2.36. The van der Waals surface area contributed by atoms with E-state index in [1.54, 1.807) is 12.1 Å². The number of rotatable bonds is 5. The second-order valence-corrected chi connectivity index (χ2v) is 9.06. The second kappa shape index (κ2) is 10.0. The van der Waals surface area contributed by atoms with E-state index in [1.165, 1.54) is 6.07 Å². The maximum absolute atomic E-state index is 13.3. The molecule has 37 heavy (non-hydrogen) atoms. The molecule has 1 N–H and O–H groups in total. The number of aromatic nitrogens is 1. The molecule has 0 saturated carbocycles. The number of anilines is 3. The first kappa shape index (κ1) is 24.4. The monoisotopic (exact) mass is 500 g/mol. The van der Waals surface area contributed by atoms with E-state index in [-0.39, 0.29) is 0 Å². The predicted octanol–water partition coefficient (Wildman–Crippen LogP) is 7.66. The molecular formula is C30H27F3N4. The van der Waals surface area contributed by atoms with Gasteiger partial charge in [-0.05, 0) is 53.9 Å². The molecule has 0 amide bonds. The first-order valence-electron chi connectivity index (χ1n) is 12.1. The van der Waals surface area contributed by atoms with Gasteiger partial charge in [-0.15, -0.1) is 0 Å². The molecule has 2 heterocycles. The van der Waals surface area contributed by atoms with Gasteiger partial charge in [0.15, 0.2) is 5.82 Å². The minimum atomic E-state index is -4.42. The van der Waals surface area contributed by atoms with Crippen LogP contribution >= 0.6 is 0 Å². The summed E-state index contributed by atoms with van der Waals surface area (Å²) >= 11 is 0. The van der Waals surface area contributed by atoms with Crippen LogP contribution in [0.4, 0.5) is 30.4 Å². The number of benzene rings is 3. The summed E-state index contributed by atoms with van der Waals surface area (Å²) in [6.07, 6.45) is -3.54. The lowest BCUT2D eigenvalue weighted by atomic mass is 10.1. The molecule has 0 spiro atoms. The van der Waals surface area contributed by atoms with Gasteiger partial charge in [0.2, 0.25) is 0 Å². The van der Waals surface area contributed by atoms with Crippen molar-refractivity contribution in [1.82, 2.24) is 4.98 Å². The van der Waals surface area contributed by atoms with Crippen LogP contribution in [-0.2, 0) is 6.18 Å². The van der Waals surface area contributed by atoms with Crippen molar-refractivity contribution in [3.63, 3.8) is 0 Å². The molecule has 1 aliphatic heterocycles. The van der Waals surface area contributed by atoms with Crippen molar-refractivity contribution in [3.05, 3.63) is 109 Å². The van der Waals surface area contributed by atoms with E-state index in [0.29, 0.717) is 29.4 Å². The molecule has 0 bridgehead atoms. The molecular weight excluding hydrogens is 473 g/mol. The van der Waals surface area contributed by atoms with Gasteiger partial charge in [-0.1, -0.05) is 61.2 Å². The molecule has 4 nitrogen and oxygen atoms in total. The van der Waals surface area contributed by atoms with Crippen LogP contribution in [0.1, 0.15) is 12.0 Å². The summed E-state index contributed by atoms with van der Waals surface area (Å²) in [4.78, 5) is 8.96. The standard InChI is InChI=1S/C30H27F3N4/c1-21(34-26-14-7-11-23(20-26)22-9-4-3-5-10-22)37-18-8-17-36(2)28-16-15-27(35-29(28)37)24-12-6-13-25(19-24)30(31,32)33/h3-7,9-16,19-20,34H,1,8,17-18H2,2H3. The molecule has 0 fully saturated rings. The fraction of sp³-hybridized carbons (Fsp3) is 0.167. The Labute approximate surface area is 214 Å². The van der Waals surface area contributed by atoms with E-state index in [1.807, 2.05) is 48.3 Å². The van der Waals surface area contributed by atoms with E-state index in [9.17, 15) is 13.2 Å². The minimum absolute atomic E-state index is 0.415. The summed E-state index contributed by atoms with van der Waals surface area (Å²) in [6.45, 7) is 5.79. The van der Waals surface area contributed by atoms with Gasteiger partial charge in [-0.25, -0.2) is 4.98 Å². The number of hydrogen-bond acceptors (Lipinski definition) is 4. The van der Waals surface area contributed by atoms with Crippen LogP contribution in [0.25, 0.3) is 22.4 Å². The largest absolute Gasteiger partial charge is 0.416 e. The van der Waals surface area contributed by atoms with Crippen LogP contribution in [0.5, 0.6) is 0 Å². The zero-order valence-electron chi connectivity index (χ0n) is 20.5. The Bertz CT molecular complexity index is 1420. The molecule has 5 rings (SSSR count). The van der Waals surface area contributed by atoms with E-state index < -0.39 is 11.7 Å². The van der Waals surface area contributed by atoms with Gasteiger partial charge < -0.3 is 15.1 Å². The molecule has 188 valence electrons. The van der Waals surface area contributed by atoms with Gasteiger partial charge in [0.25, 0.3) is 0 Å². The summed E-state index contributed by atoms with van der Waals surface area (Å²) in [5.74, 6) is 1.31. The Morgan fingerprint density at radius 3 is 2.35 bits per heavy atom. The maximum atomic E-state index is 13.3. The summed E-state index contributed by atoms with van der Waals surface area (Å²) in [6, 6.07) is 27.2. The van der Waals surface area contributed by atoms with Crippen molar-refractivity contribution in [2.75, 3.05) is 35.3 Å². The van der Waals surface area contributed by atoms with Crippen molar-refractivity contribution >= 4 is 17.2 Å². The Morgan fingerprint density at radius 2 is 1.57 bits per heavy atom. The fourth-order valence-electron chi connectivity index (χ4n) is 4.55. The highest BCUT2D eigenvalue weighted by molar-refractivity contribution is 5.76. The average molecular weight is 501 g/mol. The molecule has 0 radical (unpaired) electrons. The highest BCUT2D eigenvalue weighted by Gasteiger charge is 2.31. The van der Waals surface area contributed by atoms with Gasteiger partial charge >= 0.3 is 6.18 Å². The first-order chi connectivity index (χ1) is 17.8. The third kappa shape index (κ3) is 5.31. The quantitative estimate of drug-likeness (QED) is 0.305. The SMILES string of the molecule is C=C(Nc1cccc(-c2ccccc2)c1)N1CCCN(C)c2ccc(-c3cccc(C(F)(F)F)c3)nc21. The minimum Gasteiger partial charge on any atom is -0.372 e. The number of pyridine rings is 1. The third-order valence-electron chi connectivity index (χ3n) is 6.47. The smallest absolute Gasteiger partial charge is 0.372 e. The van der Waals surface area contributed by atoms with Crippen molar-refractivity contribution in [3.8, 4) is 22.4 Å². The Balaban J connectivity index is 1.47. The first-order valence-corrected chi connectivity index (χ1v) is 12.1. The number of hydrogen-bond donors (Lipinski definition) is 1. The van der Waals surface area contributed by atoms with E-state index in [0.717, 1.165) is 47.6 Å². The normalized spacial score (nSPS) is 13.6. The van der Waals surface area contributed by atoms with Crippen LogP contribution in [0.15, 0.2) is 103 Å². The van der Waals surface area contributed by atoms with Crippen LogP contribution in [0.2, 0.25) is 0 Å². The highest BCUT2D eigenvalue weighted by atomic mass is 19.4. The van der Waals surface area contributed by atoms with Gasteiger partial charge in [0, 0.05) is 31.4 Å². The summed E-state index contributed by atoms with van der Waals surface area (Å²) in [5, 5.41) is 3.42. The molecule has 3 aromatic carbocycles. The lowest BCUT2D eigenvalue weighted by Crippen LogP contribution is -2.28. The van der Waals surface area contributed by atoms with Crippen molar-refractivity contribution in [1.29, 1.82) is 0 Å². The van der Waals surface area contributed by atoms with Crippen molar-refractivity contribution < 1.29 is 13.2 Å². The summed E-state index contributed by atoms with van der Waals surface area (Å²) in [5.41, 5.74) is 4.18. The fourth-order valence-corrected chi connectivity index (χ4v) is 4.55. The summed E-state index contributed by atoms with van der Waals surface area (Å²) < 4.78 is 40.0. The predicted molar refractivity (Wildman–Crippen MR) is 145 cm³/mol. The van der Waals surface area contributed by atoms with Gasteiger partial charge in [0.1, 0.15) is 5.82 Å². The second-order valence-electron chi connectivity index (χ2n) is 9.06. The lowest BCUT2D eigenvalue weighted by Gasteiger charge is -2.27. The van der Waals surface area contributed by atoms with E-state index in [2.05, 4.69) is 41.1 Å². The van der Waals surface area contributed by atoms with Gasteiger partial charge in [-0.3, -0.25) is 0 Å². The van der Waals surface area contributed by atoms with Crippen LogP contribution in [0, 0.1) is 0 Å². The Morgan fingerprint density at radius 1 is 0.838 bits per heavy atom. The molecule has 0 saturated heterocycles. The lowest BCUT2D eigenvalue weighted by molar-refractivity contribution is -0.137. The van der Waals surface area contributed by atoms with Crippen LogP contribution in [-0.4, -0.2) is 25.1 Å².